The van der Waals surface area contributed by atoms with E-state index in [9.17, 15) is 0 Å². The first-order valence-electron chi connectivity index (χ1n) is 8.56. The summed E-state index contributed by atoms with van der Waals surface area (Å²) in [5.41, 5.74) is 2.73. The van der Waals surface area contributed by atoms with Gasteiger partial charge in [0.1, 0.15) is 5.75 Å². The second-order valence-electron chi connectivity index (χ2n) is 6.08. The highest BCUT2D eigenvalue weighted by molar-refractivity contribution is 7.98. The first kappa shape index (κ1) is 18.2. The molecule has 0 amide bonds. The van der Waals surface area contributed by atoms with E-state index < -0.39 is 0 Å². The second-order valence-corrected chi connectivity index (χ2v) is 7.03. The van der Waals surface area contributed by atoms with Crippen molar-refractivity contribution in [3.05, 3.63) is 54.1 Å². The molecule has 1 aromatic carbocycles. The summed E-state index contributed by atoms with van der Waals surface area (Å²) in [6, 6.07) is 11.5. The van der Waals surface area contributed by atoms with Crippen molar-refractivity contribution in [2.24, 2.45) is 7.05 Å². The molecule has 4 rings (SSSR count). The van der Waals surface area contributed by atoms with Crippen LogP contribution in [-0.2, 0) is 12.8 Å². The summed E-state index contributed by atoms with van der Waals surface area (Å²) in [5.74, 6) is 3.20. The number of rotatable bonds is 6. The summed E-state index contributed by atoms with van der Waals surface area (Å²) < 4.78 is 12.5. The Morgan fingerprint density at radius 1 is 1.11 bits per heavy atom. The minimum atomic E-state index is 0.484. The van der Waals surface area contributed by atoms with Crippen LogP contribution in [-0.4, -0.2) is 37.0 Å². The molecule has 0 aliphatic rings. The number of thioether (sulfide) groups is 1. The highest BCUT2D eigenvalue weighted by Gasteiger charge is 2.14. The number of hydrogen-bond acceptors (Lipinski definition) is 8. The van der Waals surface area contributed by atoms with Crippen LogP contribution in [0.15, 0.2) is 52.3 Å². The van der Waals surface area contributed by atoms with E-state index >= 15 is 0 Å². The van der Waals surface area contributed by atoms with Crippen molar-refractivity contribution in [1.82, 2.24) is 29.9 Å². The first-order chi connectivity index (χ1) is 13.6. The van der Waals surface area contributed by atoms with Gasteiger partial charge in [0.2, 0.25) is 0 Å². The summed E-state index contributed by atoms with van der Waals surface area (Å²) >= 11 is 1.50. The number of ether oxygens (including phenoxy) is 1. The Morgan fingerprint density at radius 3 is 2.68 bits per heavy atom. The molecule has 8 nitrogen and oxygen atoms in total. The number of hydrogen-bond donors (Lipinski definition) is 0. The molecule has 0 N–H and O–H groups in total. The number of pyridine rings is 1. The molecule has 0 bridgehead atoms. The van der Waals surface area contributed by atoms with Gasteiger partial charge in [-0.05, 0) is 43.3 Å². The Morgan fingerprint density at radius 2 is 1.93 bits per heavy atom. The van der Waals surface area contributed by atoms with E-state index in [0.717, 1.165) is 33.6 Å². The van der Waals surface area contributed by atoms with Crippen molar-refractivity contribution in [3.63, 3.8) is 0 Å². The van der Waals surface area contributed by atoms with Gasteiger partial charge in [0, 0.05) is 30.1 Å². The summed E-state index contributed by atoms with van der Waals surface area (Å²) in [4.78, 5) is 8.63. The number of aryl methyl sites for hydroxylation is 1. The van der Waals surface area contributed by atoms with Crippen molar-refractivity contribution in [2.75, 3.05) is 7.11 Å². The number of benzene rings is 1. The normalized spacial score (nSPS) is 11.0. The van der Waals surface area contributed by atoms with Crippen LogP contribution in [0.2, 0.25) is 0 Å². The summed E-state index contributed by atoms with van der Waals surface area (Å²) in [6.45, 7) is 1.92. The van der Waals surface area contributed by atoms with Crippen LogP contribution in [0.4, 0.5) is 0 Å². The Labute approximate surface area is 166 Å². The molecule has 0 saturated carbocycles. The third-order valence-corrected chi connectivity index (χ3v) is 5.14. The fourth-order valence-electron chi connectivity index (χ4n) is 2.67. The van der Waals surface area contributed by atoms with Crippen molar-refractivity contribution in [2.45, 2.75) is 17.8 Å². The molecular weight excluding hydrogens is 376 g/mol. The lowest BCUT2D eigenvalue weighted by Crippen LogP contribution is -1.95. The van der Waals surface area contributed by atoms with E-state index in [-0.39, 0.29) is 0 Å². The van der Waals surface area contributed by atoms with Crippen molar-refractivity contribution in [3.8, 4) is 28.6 Å². The van der Waals surface area contributed by atoms with Crippen LogP contribution < -0.4 is 4.74 Å². The van der Waals surface area contributed by atoms with Gasteiger partial charge in [-0.1, -0.05) is 16.9 Å². The lowest BCUT2D eigenvalue weighted by molar-refractivity contribution is 0.415. The van der Waals surface area contributed by atoms with Crippen molar-refractivity contribution in [1.29, 1.82) is 0 Å². The van der Waals surface area contributed by atoms with Gasteiger partial charge >= 0.3 is 0 Å². The van der Waals surface area contributed by atoms with Crippen molar-refractivity contribution < 1.29 is 9.26 Å². The molecule has 142 valence electrons. The molecule has 9 heteroatoms. The number of nitrogens with zero attached hydrogens (tertiary/aromatic N) is 6. The molecule has 3 aromatic heterocycles. The third kappa shape index (κ3) is 3.74. The highest BCUT2D eigenvalue weighted by atomic mass is 32.2. The molecule has 0 fully saturated rings. The van der Waals surface area contributed by atoms with Crippen LogP contribution in [0.5, 0.6) is 5.75 Å². The second kappa shape index (κ2) is 7.81. The highest BCUT2D eigenvalue weighted by Crippen LogP contribution is 2.26. The maximum Gasteiger partial charge on any atom is 0.258 e. The Balaban J connectivity index is 1.46. The Bertz CT molecular complexity index is 1090. The zero-order valence-electron chi connectivity index (χ0n) is 15.7. The molecule has 0 aliphatic heterocycles. The lowest BCUT2D eigenvalue weighted by Gasteiger charge is -2.04. The van der Waals surface area contributed by atoms with E-state index in [2.05, 4.69) is 25.3 Å². The Kier molecular flexibility index (Phi) is 5.07. The molecule has 3 heterocycles. The van der Waals surface area contributed by atoms with Crippen LogP contribution in [0, 0.1) is 6.92 Å². The average Bonchev–Trinajstić information content (AvgIpc) is 3.33. The number of methoxy groups -OCH3 is 1. The van der Waals surface area contributed by atoms with Gasteiger partial charge in [0.15, 0.2) is 16.8 Å². The number of aromatic nitrogens is 6. The minimum absolute atomic E-state index is 0.484. The van der Waals surface area contributed by atoms with Gasteiger partial charge in [-0.15, -0.1) is 10.2 Å². The third-order valence-electron chi connectivity index (χ3n) is 4.13. The van der Waals surface area contributed by atoms with Crippen LogP contribution in [0.1, 0.15) is 11.5 Å². The van der Waals surface area contributed by atoms with Gasteiger partial charge in [0.05, 0.1) is 12.9 Å². The molecular formula is C19H18N6O2S. The standard InChI is InChI=1S/C19H18N6O2S/c1-12-10-14(8-9-20-12)18-21-16(24-27-18)11-28-19-23-22-17(25(19)2)13-4-6-15(26-3)7-5-13/h4-10H,11H2,1-3H3. The van der Waals surface area contributed by atoms with Crippen LogP contribution in [0.3, 0.4) is 0 Å². The molecule has 0 saturated heterocycles. The van der Waals surface area contributed by atoms with Gasteiger partial charge in [-0.25, -0.2) is 0 Å². The quantitative estimate of drug-likeness (QED) is 0.459. The van der Waals surface area contributed by atoms with E-state index in [1.165, 1.54) is 11.8 Å². The van der Waals surface area contributed by atoms with E-state index in [4.69, 9.17) is 9.26 Å². The molecule has 0 spiro atoms. The maximum absolute atomic E-state index is 5.36. The van der Waals surface area contributed by atoms with E-state index in [1.54, 1.807) is 13.3 Å². The van der Waals surface area contributed by atoms with E-state index in [1.807, 2.05) is 54.9 Å². The molecule has 0 radical (unpaired) electrons. The fraction of sp³-hybridized carbons (Fsp3) is 0.211. The molecule has 28 heavy (non-hydrogen) atoms. The average molecular weight is 394 g/mol. The van der Waals surface area contributed by atoms with Crippen molar-refractivity contribution >= 4 is 11.8 Å². The van der Waals surface area contributed by atoms with Crippen LogP contribution >= 0.6 is 11.8 Å². The first-order valence-corrected chi connectivity index (χ1v) is 9.55. The molecule has 0 aliphatic carbocycles. The van der Waals surface area contributed by atoms with Gasteiger partial charge < -0.3 is 13.8 Å². The van der Waals surface area contributed by atoms with Gasteiger partial charge in [-0.3, -0.25) is 4.98 Å². The van der Waals surface area contributed by atoms with Crippen LogP contribution in [0.25, 0.3) is 22.8 Å². The molecule has 4 aromatic rings. The van der Waals surface area contributed by atoms with Gasteiger partial charge in [0.25, 0.3) is 5.89 Å². The van der Waals surface area contributed by atoms with E-state index in [0.29, 0.717) is 17.5 Å². The van der Waals surface area contributed by atoms with Gasteiger partial charge in [-0.2, -0.15) is 4.98 Å². The zero-order chi connectivity index (χ0) is 19.5. The monoisotopic (exact) mass is 394 g/mol. The predicted octanol–water partition coefficient (Wildman–Crippen LogP) is 3.54. The Hall–Kier alpha value is -3.20. The summed E-state index contributed by atoms with van der Waals surface area (Å²) in [5, 5.41) is 13.4. The largest absolute Gasteiger partial charge is 0.497 e. The lowest BCUT2D eigenvalue weighted by atomic mass is 10.2. The summed E-state index contributed by atoms with van der Waals surface area (Å²) in [6.07, 6.45) is 1.73. The smallest absolute Gasteiger partial charge is 0.258 e. The maximum atomic E-state index is 5.36. The summed E-state index contributed by atoms with van der Waals surface area (Å²) in [7, 11) is 3.58. The minimum Gasteiger partial charge on any atom is -0.497 e. The zero-order valence-corrected chi connectivity index (χ0v) is 16.5. The topological polar surface area (TPSA) is 91.8 Å². The SMILES string of the molecule is COc1ccc(-c2nnc(SCc3noc(-c4ccnc(C)c4)n3)n2C)cc1. The fourth-order valence-corrected chi connectivity index (χ4v) is 3.42. The molecule has 0 atom stereocenters. The predicted molar refractivity (Wildman–Crippen MR) is 105 cm³/mol. The molecule has 0 unspecified atom stereocenters.